The molecule has 0 aliphatic heterocycles. The molecule has 8 heteroatoms. The van der Waals surface area contributed by atoms with E-state index in [1.54, 1.807) is 12.1 Å². The lowest BCUT2D eigenvalue weighted by atomic mass is 10.1. The van der Waals surface area contributed by atoms with Crippen molar-refractivity contribution in [2.75, 3.05) is 21.3 Å². The minimum absolute atomic E-state index is 0.107. The molecule has 0 atom stereocenters. The van der Waals surface area contributed by atoms with Crippen LogP contribution in [-0.4, -0.2) is 42.4 Å². The summed E-state index contributed by atoms with van der Waals surface area (Å²) in [4.78, 5) is 4.30. The fourth-order valence-corrected chi connectivity index (χ4v) is 2.47. The van der Waals surface area contributed by atoms with E-state index in [1.165, 1.54) is 21.3 Å². The summed E-state index contributed by atoms with van der Waals surface area (Å²) >= 11 is 0. The molecule has 1 heterocycles. The molecule has 2 aromatic carbocycles. The second kappa shape index (κ2) is 7.56. The first kappa shape index (κ1) is 17.3. The molecule has 0 aliphatic carbocycles. The fourth-order valence-electron chi connectivity index (χ4n) is 2.47. The summed E-state index contributed by atoms with van der Waals surface area (Å²) in [5.74, 6) is 1.69. The zero-order valence-electron chi connectivity index (χ0n) is 14.5. The number of hydrogen-bond acceptors (Lipinski definition) is 8. The number of benzene rings is 2. The molecule has 0 saturated heterocycles. The molecule has 1 aromatic heterocycles. The summed E-state index contributed by atoms with van der Waals surface area (Å²) in [5, 5.41) is 16.7. The van der Waals surface area contributed by atoms with E-state index in [2.05, 4.69) is 15.3 Å². The van der Waals surface area contributed by atoms with Crippen LogP contribution in [0.15, 0.2) is 52.1 Å². The van der Waals surface area contributed by atoms with Gasteiger partial charge in [-0.1, -0.05) is 28.5 Å². The van der Waals surface area contributed by atoms with Crippen molar-refractivity contribution in [1.29, 1.82) is 0 Å². The van der Waals surface area contributed by atoms with Gasteiger partial charge in [-0.05, 0) is 24.3 Å². The maximum absolute atomic E-state index is 9.52. The first-order valence-electron chi connectivity index (χ1n) is 7.63. The van der Waals surface area contributed by atoms with E-state index < -0.39 is 0 Å². The molecule has 26 heavy (non-hydrogen) atoms. The summed E-state index contributed by atoms with van der Waals surface area (Å²) in [6.45, 7) is 0. The normalized spacial score (nSPS) is 11.3. The third kappa shape index (κ3) is 3.16. The quantitative estimate of drug-likeness (QED) is 0.412. The van der Waals surface area contributed by atoms with Crippen LogP contribution in [0.4, 0.5) is 0 Å². The molecule has 0 radical (unpaired) electrons. The zero-order valence-corrected chi connectivity index (χ0v) is 14.5. The molecule has 0 aliphatic rings. The Morgan fingerprint density at radius 3 is 2.19 bits per heavy atom. The Hall–Kier alpha value is -3.55. The van der Waals surface area contributed by atoms with Gasteiger partial charge in [0.05, 0.1) is 21.3 Å². The number of rotatable bonds is 6. The van der Waals surface area contributed by atoms with E-state index in [1.807, 2.05) is 30.3 Å². The number of aromatic nitrogens is 2. The smallest absolute Gasteiger partial charge is 0.258 e. The highest BCUT2D eigenvalue weighted by molar-refractivity contribution is 6.11. The Bertz CT molecular complexity index is 897. The number of oxime groups is 1. The van der Waals surface area contributed by atoms with Gasteiger partial charge in [0.2, 0.25) is 11.6 Å². The predicted octanol–water partition coefficient (Wildman–Crippen LogP) is 2.99. The van der Waals surface area contributed by atoms with E-state index in [4.69, 9.17) is 18.7 Å². The van der Waals surface area contributed by atoms with Gasteiger partial charge in [0.25, 0.3) is 5.89 Å². The van der Waals surface area contributed by atoms with Crippen molar-refractivity contribution in [3.05, 3.63) is 53.9 Å². The minimum Gasteiger partial charge on any atom is -0.493 e. The molecule has 134 valence electrons. The lowest BCUT2D eigenvalue weighted by Crippen LogP contribution is -2.07. The molecule has 0 fully saturated rings. The van der Waals surface area contributed by atoms with Crippen LogP contribution in [-0.2, 0) is 0 Å². The predicted molar refractivity (Wildman–Crippen MR) is 93.3 cm³/mol. The molecule has 0 saturated carbocycles. The molecular weight excluding hydrogens is 338 g/mol. The Morgan fingerprint density at radius 2 is 1.65 bits per heavy atom. The first-order chi connectivity index (χ1) is 12.7. The third-order valence-electron chi connectivity index (χ3n) is 3.70. The van der Waals surface area contributed by atoms with Gasteiger partial charge in [0, 0.05) is 11.1 Å². The van der Waals surface area contributed by atoms with Crippen molar-refractivity contribution >= 4 is 5.71 Å². The van der Waals surface area contributed by atoms with E-state index >= 15 is 0 Å². The largest absolute Gasteiger partial charge is 0.493 e. The van der Waals surface area contributed by atoms with Crippen LogP contribution in [0.2, 0.25) is 0 Å². The number of nitrogens with zero attached hydrogens (tertiary/aromatic N) is 3. The molecule has 0 spiro atoms. The lowest BCUT2D eigenvalue weighted by Gasteiger charge is -2.13. The average molecular weight is 355 g/mol. The van der Waals surface area contributed by atoms with Crippen molar-refractivity contribution < 1.29 is 23.9 Å². The molecule has 8 nitrogen and oxygen atoms in total. The first-order valence-corrected chi connectivity index (χ1v) is 7.63. The molecule has 3 rings (SSSR count). The Labute approximate surface area is 149 Å². The molecular formula is C18H17N3O5. The van der Waals surface area contributed by atoms with E-state index in [-0.39, 0.29) is 11.5 Å². The Morgan fingerprint density at radius 1 is 1.00 bits per heavy atom. The second-order valence-corrected chi connectivity index (χ2v) is 5.15. The lowest BCUT2D eigenvalue weighted by molar-refractivity contribution is 0.318. The summed E-state index contributed by atoms with van der Waals surface area (Å²) in [6.07, 6.45) is 0. The van der Waals surface area contributed by atoms with Crippen molar-refractivity contribution in [3.63, 3.8) is 0 Å². The topological polar surface area (TPSA) is 99.2 Å². The maximum Gasteiger partial charge on any atom is 0.258 e. The van der Waals surface area contributed by atoms with E-state index in [0.717, 1.165) is 5.56 Å². The van der Waals surface area contributed by atoms with Crippen molar-refractivity contribution in [2.45, 2.75) is 0 Å². The maximum atomic E-state index is 9.52. The van der Waals surface area contributed by atoms with E-state index in [0.29, 0.717) is 28.7 Å². The molecule has 0 amide bonds. The van der Waals surface area contributed by atoms with Gasteiger partial charge >= 0.3 is 0 Å². The van der Waals surface area contributed by atoms with Crippen molar-refractivity contribution in [3.8, 4) is 28.7 Å². The van der Waals surface area contributed by atoms with Gasteiger partial charge < -0.3 is 23.9 Å². The molecule has 1 N–H and O–H groups in total. The SMILES string of the molecule is COc1cc(C(=NO)c2noc(-c3ccccc3)n2)cc(OC)c1OC. The minimum atomic E-state index is 0.107. The molecule has 0 bridgehead atoms. The van der Waals surface area contributed by atoms with Crippen LogP contribution in [0.1, 0.15) is 11.4 Å². The zero-order chi connectivity index (χ0) is 18.5. The summed E-state index contributed by atoms with van der Waals surface area (Å²) in [7, 11) is 4.50. The molecule has 0 unspecified atom stereocenters. The molecule has 3 aromatic rings. The highest BCUT2D eigenvalue weighted by atomic mass is 16.5. The van der Waals surface area contributed by atoms with Gasteiger partial charge in [-0.2, -0.15) is 4.98 Å². The standard InChI is InChI=1S/C18H17N3O5/c1-23-13-9-12(10-14(24-2)16(13)25-3)15(20-22)17-19-18(26-21-17)11-7-5-4-6-8-11/h4-10,22H,1-3H3. The van der Waals surface area contributed by atoms with Crippen molar-refractivity contribution in [2.24, 2.45) is 5.16 Å². The van der Waals surface area contributed by atoms with Gasteiger partial charge in [-0.3, -0.25) is 0 Å². The summed E-state index contributed by atoms with van der Waals surface area (Å²) < 4.78 is 21.2. The number of ether oxygens (including phenoxy) is 3. The van der Waals surface area contributed by atoms with Crippen LogP contribution in [0.5, 0.6) is 17.2 Å². The van der Waals surface area contributed by atoms with Crippen LogP contribution >= 0.6 is 0 Å². The highest BCUT2D eigenvalue weighted by Crippen LogP contribution is 2.38. The van der Waals surface area contributed by atoms with Crippen LogP contribution in [0, 0.1) is 0 Å². The van der Waals surface area contributed by atoms with Gasteiger partial charge in [-0.15, -0.1) is 0 Å². The fraction of sp³-hybridized carbons (Fsp3) is 0.167. The van der Waals surface area contributed by atoms with Crippen LogP contribution < -0.4 is 14.2 Å². The van der Waals surface area contributed by atoms with Gasteiger partial charge in [0.1, 0.15) is 0 Å². The number of methoxy groups -OCH3 is 3. The van der Waals surface area contributed by atoms with Crippen LogP contribution in [0.3, 0.4) is 0 Å². The second-order valence-electron chi connectivity index (χ2n) is 5.15. The highest BCUT2D eigenvalue weighted by Gasteiger charge is 2.21. The van der Waals surface area contributed by atoms with Gasteiger partial charge in [0.15, 0.2) is 17.2 Å². The van der Waals surface area contributed by atoms with E-state index in [9.17, 15) is 5.21 Å². The average Bonchev–Trinajstić information content (AvgIpc) is 3.18. The monoisotopic (exact) mass is 355 g/mol. The summed E-state index contributed by atoms with van der Waals surface area (Å²) in [6, 6.07) is 12.6. The van der Waals surface area contributed by atoms with Crippen molar-refractivity contribution in [1.82, 2.24) is 10.1 Å². The Balaban J connectivity index is 2.04. The Kier molecular flexibility index (Phi) is 5.02. The number of hydrogen-bond donors (Lipinski definition) is 1. The third-order valence-corrected chi connectivity index (χ3v) is 3.70. The van der Waals surface area contributed by atoms with Gasteiger partial charge in [-0.25, -0.2) is 0 Å². The summed E-state index contributed by atoms with van der Waals surface area (Å²) in [5.41, 5.74) is 1.34. The van der Waals surface area contributed by atoms with Crippen LogP contribution in [0.25, 0.3) is 11.5 Å².